The van der Waals surface area contributed by atoms with Gasteiger partial charge in [0.1, 0.15) is 0 Å². The maximum atomic E-state index is 11.2. The third-order valence-electron chi connectivity index (χ3n) is 5.06. The standard InChI is InChI=1S/2C11H19NO.CH4/c2*1-2-3-4-7-10-8-5-6-9-11(13)12-10;/h2*2,10H,1,3-9H2,(H,12,13);1H4/t2*10-;/m10./s1. The van der Waals surface area contributed by atoms with Crippen LogP contribution >= 0.6 is 0 Å². The SMILES string of the molecule is C.C=CCCC[C@@H]1CCCCC(=O)N1.C=CCCC[C@H]1CCCCC(=O)N1. The van der Waals surface area contributed by atoms with E-state index in [4.69, 9.17) is 0 Å². The third-order valence-corrected chi connectivity index (χ3v) is 5.06. The summed E-state index contributed by atoms with van der Waals surface area (Å²) in [7, 11) is 0. The van der Waals surface area contributed by atoms with Gasteiger partial charge in [0.2, 0.25) is 11.8 Å². The molecular weight excluding hydrogens is 336 g/mol. The van der Waals surface area contributed by atoms with E-state index in [1.165, 1.54) is 12.8 Å². The molecule has 0 aromatic carbocycles. The lowest BCUT2D eigenvalue weighted by atomic mass is 10.0. The van der Waals surface area contributed by atoms with Gasteiger partial charge in [-0.25, -0.2) is 0 Å². The molecule has 2 atom stereocenters. The Labute approximate surface area is 167 Å². The zero-order valence-electron chi connectivity index (χ0n) is 16.4. The monoisotopic (exact) mass is 378 g/mol. The molecule has 0 aliphatic carbocycles. The number of carbonyl (C=O) groups is 2. The predicted octanol–water partition coefficient (Wildman–Crippen LogP) is 5.44. The van der Waals surface area contributed by atoms with E-state index in [0.717, 1.165) is 77.0 Å². The van der Waals surface area contributed by atoms with Crippen LogP contribution in [-0.2, 0) is 9.59 Å². The molecule has 156 valence electrons. The van der Waals surface area contributed by atoms with Crippen molar-refractivity contribution in [2.75, 3.05) is 0 Å². The summed E-state index contributed by atoms with van der Waals surface area (Å²) in [6.07, 6.45) is 18.8. The first-order valence-electron chi connectivity index (χ1n) is 10.5. The van der Waals surface area contributed by atoms with Gasteiger partial charge in [0.05, 0.1) is 0 Å². The summed E-state index contributed by atoms with van der Waals surface area (Å²) in [6.45, 7) is 7.38. The number of hydrogen-bond donors (Lipinski definition) is 2. The molecule has 2 fully saturated rings. The van der Waals surface area contributed by atoms with Gasteiger partial charge in [-0.15, -0.1) is 13.2 Å². The van der Waals surface area contributed by atoms with E-state index in [2.05, 4.69) is 23.8 Å². The second-order valence-corrected chi connectivity index (χ2v) is 7.46. The van der Waals surface area contributed by atoms with Crippen molar-refractivity contribution >= 4 is 11.8 Å². The molecule has 2 amide bonds. The molecule has 2 saturated heterocycles. The summed E-state index contributed by atoms with van der Waals surface area (Å²) < 4.78 is 0. The van der Waals surface area contributed by atoms with E-state index in [-0.39, 0.29) is 19.2 Å². The van der Waals surface area contributed by atoms with Crippen molar-refractivity contribution in [1.82, 2.24) is 10.6 Å². The summed E-state index contributed by atoms with van der Waals surface area (Å²) in [6, 6.07) is 0.852. The van der Waals surface area contributed by atoms with Gasteiger partial charge in [-0.1, -0.05) is 32.4 Å². The highest BCUT2D eigenvalue weighted by atomic mass is 16.2. The Morgan fingerprint density at radius 3 is 1.56 bits per heavy atom. The molecule has 4 heteroatoms. The molecule has 0 bridgehead atoms. The number of amides is 2. The molecule has 2 aliphatic heterocycles. The Morgan fingerprint density at radius 2 is 1.19 bits per heavy atom. The zero-order valence-corrected chi connectivity index (χ0v) is 16.4. The lowest BCUT2D eigenvalue weighted by Gasteiger charge is -2.14. The highest BCUT2D eigenvalue weighted by Gasteiger charge is 2.16. The maximum absolute atomic E-state index is 11.2. The van der Waals surface area contributed by atoms with E-state index in [9.17, 15) is 9.59 Å². The highest BCUT2D eigenvalue weighted by Crippen LogP contribution is 2.14. The Bertz CT molecular complexity index is 394. The Balaban J connectivity index is 0.000000483. The minimum atomic E-state index is 0. The summed E-state index contributed by atoms with van der Waals surface area (Å²) in [4.78, 5) is 22.4. The number of rotatable bonds is 8. The van der Waals surface area contributed by atoms with Gasteiger partial charge >= 0.3 is 0 Å². The molecule has 0 aromatic rings. The van der Waals surface area contributed by atoms with E-state index < -0.39 is 0 Å². The normalized spacial score (nSPS) is 22.5. The lowest BCUT2D eigenvalue weighted by molar-refractivity contribution is -0.122. The average Bonchev–Trinajstić information content (AvgIpc) is 2.96. The molecule has 27 heavy (non-hydrogen) atoms. The highest BCUT2D eigenvalue weighted by molar-refractivity contribution is 5.76. The first kappa shape index (κ1) is 25.4. The van der Waals surface area contributed by atoms with Crippen LogP contribution in [0, 0.1) is 0 Å². The van der Waals surface area contributed by atoms with Crippen molar-refractivity contribution in [3.05, 3.63) is 25.3 Å². The molecular formula is C23H42N2O2. The summed E-state index contributed by atoms with van der Waals surface area (Å²) in [5.41, 5.74) is 0. The maximum Gasteiger partial charge on any atom is 0.220 e. The minimum absolute atomic E-state index is 0. The van der Waals surface area contributed by atoms with Crippen LogP contribution in [0.1, 0.15) is 97.3 Å². The third kappa shape index (κ3) is 13.3. The lowest BCUT2D eigenvalue weighted by Crippen LogP contribution is -2.32. The Hall–Kier alpha value is -1.58. The van der Waals surface area contributed by atoms with Gasteiger partial charge in [0.25, 0.3) is 0 Å². The molecule has 0 saturated carbocycles. The molecule has 0 aromatic heterocycles. The molecule has 4 nitrogen and oxygen atoms in total. The summed E-state index contributed by atoms with van der Waals surface area (Å²) in [5.74, 6) is 0.474. The van der Waals surface area contributed by atoms with Crippen LogP contribution in [0.3, 0.4) is 0 Å². The van der Waals surface area contributed by atoms with Gasteiger partial charge in [-0.05, 0) is 64.2 Å². The zero-order chi connectivity index (χ0) is 19.0. The van der Waals surface area contributed by atoms with E-state index >= 15 is 0 Å². The molecule has 0 unspecified atom stereocenters. The van der Waals surface area contributed by atoms with E-state index in [0.29, 0.717) is 12.1 Å². The number of carbonyl (C=O) groups excluding carboxylic acids is 2. The predicted molar refractivity (Wildman–Crippen MR) is 116 cm³/mol. The van der Waals surface area contributed by atoms with Crippen LogP contribution in [0.4, 0.5) is 0 Å². The number of hydrogen-bond acceptors (Lipinski definition) is 2. The van der Waals surface area contributed by atoms with Gasteiger partial charge < -0.3 is 10.6 Å². The fourth-order valence-corrected chi connectivity index (χ4v) is 3.55. The fraction of sp³-hybridized carbons (Fsp3) is 0.739. The topological polar surface area (TPSA) is 58.2 Å². The van der Waals surface area contributed by atoms with Gasteiger partial charge in [-0.3, -0.25) is 9.59 Å². The molecule has 2 heterocycles. The van der Waals surface area contributed by atoms with E-state index in [1.807, 2.05) is 12.2 Å². The molecule has 0 radical (unpaired) electrons. The molecule has 0 spiro atoms. The van der Waals surface area contributed by atoms with Crippen LogP contribution in [0.15, 0.2) is 25.3 Å². The van der Waals surface area contributed by atoms with Crippen LogP contribution in [-0.4, -0.2) is 23.9 Å². The van der Waals surface area contributed by atoms with Crippen LogP contribution < -0.4 is 10.6 Å². The molecule has 2 aliphatic rings. The van der Waals surface area contributed by atoms with Gasteiger partial charge in [0.15, 0.2) is 0 Å². The summed E-state index contributed by atoms with van der Waals surface area (Å²) in [5, 5.41) is 6.13. The average molecular weight is 379 g/mol. The van der Waals surface area contributed by atoms with Crippen molar-refractivity contribution in [2.24, 2.45) is 0 Å². The quantitative estimate of drug-likeness (QED) is 0.436. The van der Waals surface area contributed by atoms with Crippen LogP contribution in [0.5, 0.6) is 0 Å². The first-order chi connectivity index (χ1) is 12.7. The summed E-state index contributed by atoms with van der Waals surface area (Å²) >= 11 is 0. The van der Waals surface area contributed by atoms with Crippen LogP contribution in [0.25, 0.3) is 0 Å². The van der Waals surface area contributed by atoms with Crippen molar-refractivity contribution in [3.8, 4) is 0 Å². The van der Waals surface area contributed by atoms with Crippen molar-refractivity contribution < 1.29 is 9.59 Å². The van der Waals surface area contributed by atoms with Crippen LogP contribution in [0.2, 0.25) is 0 Å². The molecule has 2 rings (SSSR count). The van der Waals surface area contributed by atoms with Gasteiger partial charge in [0, 0.05) is 24.9 Å². The van der Waals surface area contributed by atoms with Crippen molar-refractivity contribution in [1.29, 1.82) is 0 Å². The largest absolute Gasteiger partial charge is 0.353 e. The fourth-order valence-electron chi connectivity index (χ4n) is 3.55. The number of unbranched alkanes of at least 4 members (excludes halogenated alkanes) is 2. The van der Waals surface area contributed by atoms with Gasteiger partial charge in [-0.2, -0.15) is 0 Å². The second kappa shape index (κ2) is 16.6. The number of allylic oxidation sites excluding steroid dienone is 2. The second-order valence-electron chi connectivity index (χ2n) is 7.46. The Morgan fingerprint density at radius 1 is 0.778 bits per heavy atom. The van der Waals surface area contributed by atoms with Crippen molar-refractivity contribution in [2.45, 2.75) is 109 Å². The first-order valence-corrected chi connectivity index (χ1v) is 10.5. The molecule has 2 N–H and O–H groups in total. The smallest absolute Gasteiger partial charge is 0.220 e. The van der Waals surface area contributed by atoms with E-state index in [1.54, 1.807) is 0 Å². The van der Waals surface area contributed by atoms with Crippen molar-refractivity contribution in [3.63, 3.8) is 0 Å². The number of nitrogens with one attached hydrogen (secondary N) is 2. The minimum Gasteiger partial charge on any atom is -0.353 e. The Kier molecular flexibility index (Phi) is 15.6.